The summed E-state index contributed by atoms with van der Waals surface area (Å²) in [5.74, 6) is 0.146. The van der Waals surface area contributed by atoms with E-state index >= 15 is 0 Å². The lowest BCUT2D eigenvalue weighted by Gasteiger charge is -2.27. The van der Waals surface area contributed by atoms with Gasteiger partial charge >= 0.3 is 10.2 Å². The molecule has 0 spiro atoms. The molecular formula is C13H20FNO4S2. The van der Waals surface area contributed by atoms with Gasteiger partial charge in [-0.1, -0.05) is 13.8 Å². The zero-order valence-electron chi connectivity index (χ0n) is 12.4. The fourth-order valence-electron chi connectivity index (χ4n) is 1.86. The first-order valence-electron chi connectivity index (χ1n) is 6.53. The summed E-state index contributed by atoms with van der Waals surface area (Å²) in [5, 5.41) is 0. The van der Waals surface area contributed by atoms with Crippen molar-refractivity contribution in [2.75, 3.05) is 6.54 Å². The number of sulfonamides is 1. The minimum absolute atomic E-state index is 0.0516. The summed E-state index contributed by atoms with van der Waals surface area (Å²) in [7, 11) is -8.57. The van der Waals surface area contributed by atoms with Crippen LogP contribution in [0.3, 0.4) is 0 Å². The maximum atomic E-state index is 12.8. The molecule has 1 aromatic carbocycles. The van der Waals surface area contributed by atoms with E-state index in [9.17, 15) is 20.7 Å². The molecule has 0 fully saturated rings. The van der Waals surface area contributed by atoms with Crippen molar-refractivity contribution in [2.45, 2.75) is 43.5 Å². The molecule has 0 N–H and O–H groups in total. The van der Waals surface area contributed by atoms with Crippen LogP contribution >= 0.6 is 0 Å². The molecular weight excluding hydrogens is 317 g/mol. The third-order valence-corrected chi connectivity index (χ3v) is 5.72. The molecule has 0 aromatic heterocycles. The van der Waals surface area contributed by atoms with E-state index in [0.717, 1.165) is 24.3 Å². The first-order chi connectivity index (χ1) is 9.46. The third kappa shape index (κ3) is 4.49. The molecule has 0 unspecified atom stereocenters. The predicted octanol–water partition coefficient (Wildman–Crippen LogP) is 2.40. The van der Waals surface area contributed by atoms with Gasteiger partial charge < -0.3 is 0 Å². The second-order valence-corrected chi connectivity index (χ2v) is 8.71. The minimum atomic E-state index is -4.83. The van der Waals surface area contributed by atoms with Crippen molar-refractivity contribution < 1.29 is 20.7 Å². The summed E-state index contributed by atoms with van der Waals surface area (Å²) >= 11 is 0. The van der Waals surface area contributed by atoms with Crippen LogP contribution in [0, 0.1) is 5.92 Å². The maximum absolute atomic E-state index is 12.8. The number of nitrogens with zero attached hydrogens (tertiary/aromatic N) is 1. The normalized spacial score (nSPS) is 13.3. The van der Waals surface area contributed by atoms with Gasteiger partial charge in [0.05, 0.1) is 9.79 Å². The smallest absolute Gasteiger partial charge is 0.207 e. The Labute approximate surface area is 126 Å². The van der Waals surface area contributed by atoms with E-state index in [0.29, 0.717) is 6.54 Å². The van der Waals surface area contributed by atoms with E-state index < -0.39 is 25.1 Å². The largest absolute Gasteiger partial charge is 0.332 e. The number of benzene rings is 1. The second kappa shape index (κ2) is 6.41. The minimum Gasteiger partial charge on any atom is -0.207 e. The van der Waals surface area contributed by atoms with Gasteiger partial charge in [-0.05, 0) is 44.0 Å². The molecule has 0 heterocycles. The lowest BCUT2D eigenvalue weighted by molar-refractivity contribution is 0.319. The van der Waals surface area contributed by atoms with Gasteiger partial charge in [0.15, 0.2) is 0 Å². The molecule has 0 amide bonds. The fraction of sp³-hybridized carbons (Fsp3) is 0.538. The van der Waals surface area contributed by atoms with Gasteiger partial charge in [0.1, 0.15) is 0 Å². The average Bonchev–Trinajstić information content (AvgIpc) is 2.34. The van der Waals surface area contributed by atoms with Crippen LogP contribution in [0.15, 0.2) is 34.1 Å². The number of rotatable bonds is 6. The van der Waals surface area contributed by atoms with Crippen LogP contribution in [-0.2, 0) is 20.2 Å². The molecule has 1 rings (SSSR count). The zero-order valence-corrected chi connectivity index (χ0v) is 14.1. The van der Waals surface area contributed by atoms with Gasteiger partial charge in [0, 0.05) is 12.6 Å². The molecule has 8 heteroatoms. The average molecular weight is 337 g/mol. The van der Waals surface area contributed by atoms with Crippen LogP contribution in [-0.4, -0.2) is 33.7 Å². The van der Waals surface area contributed by atoms with E-state index in [2.05, 4.69) is 0 Å². The topological polar surface area (TPSA) is 71.5 Å². The highest BCUT2D eigenvalue weighted by molar-refractivity contribution is 7.89. The Morgan fingerprint density at radius 3 is 1.71 bits per heavy atom. The SMILES string of the molecule is CC(C)CN(C(C)C)S(=O)(=O)c1ccc(S(=O)(=O)F)cc1. The summed E-state index contributed by atoms with van der Waals surface area (Å²) in [6, 6.07) is 3.89. The van der Waals surface area contributed by atoms with Crippen LogP contribution in [0.2, 0.25) is 0 Å². The Hall–Kier alpha value is -0.990. The number of hydrogen-bond donors (Lipinski definition) is 0. The van der Waals surface area contributed by atoms with Crippen molar-refractivity contribution in [3.05, 3.63) is 24.3 Å². The highest BCUT2D eigenvalue weighted by atomic mass is 32.3. The van der Waals surface area contributed by atoms with Crippen LogP contribution in [0.1, 0.15) is 27.7 Å². The molecule has 1 aromatic rings. The van der Waals surface area contributed by atoms with Gasteiger partial charge in [0.25, 0.3) is 0 Å². The van der Waals surface area contributed by atoms with Gasteiger partial charge in [-0.3, -0.25) is 0 Å². The van der Waals surface area contributed by atoms with Crippen LogP contribution in [0.25, 0.3) is 0 Å². The molecule has 0 radical (unpaired) electrons. The Balaban J connectivity index is 3.23. The Kier molecular flexibility index (Phi) is 5.51. The second-order valence-electron chi connectivity index (χ2n) is 5.47. The molecule has 0 aliphatic carbocycles. The lowest BCUT2D eigenvalue weighted by atomic mass is 10.2. The van der Waals surface area contributed by atoms with Crippen LogP contribution in [0.4, 0.5) is 3.89 Å². The van der Waals surface area contributed by atoms with E-state index in [-0.39, 0.29) is 16.9 Å². The van der Waals surface area contributed by atoms with E-state index in [1.54, 1.807) is 13.8 Å². The lowest BCUT2D eigenvalue weighted by Crippen LogP contribution is -2.39. The molecule has 0 aliphatic heterocycles. The van der Waals surface area contributed by atoms with Crippen molar-refractivity contribution in [2.24, 2.45) is 5.92 Å². The summed E-state index contributed by atoms with van der Waals surface area (Å²) in [6.07, 6.45) is 0. The Morgan fingerprint density at radius 2 is 1.38 bits per heavy atom. The van der Waals surface area contributed by atoms with E-state index in [4.69, 9.17) is 0 Å². The summed E-state index contributed by atoms with van der Waals surface area (Å²) < 4.78 is 60.8. The number of hydrogen-bond acceptors (Lipinski definition) is 4. The summed E-state index contributed by atoms with van der Waals surface area (Å²) in [4.78, 5) is -0.606. The standard InChI is InChI=1S/C13H20FNO4S2/c1-10(2)9-15(11(3)4)21(18,19)13-7-5-12(6-8-13)20(14,16)17/h5-8,10-11H,9H2,1-4H3. The van der Waals surface area contributed by atoms with Crippen molar-refractivity contribution in [3.63, 3.8) is 0 Å². The molecule has 0 aliphatic rings. The van der Waals surface area contributed by atoms with E-state index in [1.165, 1.54) is 4.31 Å². The molecule has 0 saturated heterocycles. The zero-order chi connectivity index (χ0) is 16.4. The Bertz CT molecular complexity index is 679. The third-order valence-electron chi connectivity index (χ3n) is 2.83. The molecule has 0 atom stereocenters. The van der Waals surface area contributed by atoms with Gasteiger partial charge in [-0.25, -0.2) is 8.42 Å². The van der Waals surface area contributed by atoms with Crippen molar-refractivity contribution in [3.8, 4) is 0 Å². The monoisotopic (exact) mass is 337 g/mol. The molecule has 21 heavy (non-hydrogen) atoms. The van der Waals surface area contributed by atoms with Crippen LogP contribution in [0.5, 0.6) is 0 Å². The highest BCUT2D eigenvalue weighted by Gasteiger charge is 2.28. The van der Waals surface area contributed by atoms with Crippen molar-refractivity contribution >= 4 is 20.2 Å². The van der Waals surface area contributed by atoms with Crippen LogP contribution < -0.4 is 0 Å². The first-order valence-corrected chi connectivity index (χ1v) is 9.35. The van der Waals surface area contributed by atoms with E-state index in [1.807, 2.05) is 13.8 Å². The number of halogens is 1. The van der Waals surface area contributed by atoms with Gasteiger partial charge in [-0.2, -0.15) is 12.7 Å². The van der Waals surface area contributed by atoms with Gasteiger partial charge in [-0.15, -0.1) is 3.89 Å². The summed E-state index contributed by atoms with van der Waals surface area (Å²) in [6.45, 7) is 7.69. The predicted molar refractivity (Wildman–Crippen MR) is 78.6 cm³/mol. The molecule has 5 nitrogen and oxygen atoms in total. The Morgan fingerprint density at radius 1 is 0.952 bits per heavy atom. The van der Waals surface area contributed by atoms with Crippen molar-refractivity contribution in [1.82, 2.24) is 4.31 Å². The van der Waals surface area contributed by atoms with Crippen molar-refractivity contribution in [1.29, 1.82) is 0 Å². The molecule has 0 saturated carbocycles. The molecule has 0 bridgehead atoms. The highest BCUT2D eigenvalue weighted by Crippen LogP contribution is 2.22. The first kappa shape index (κ1) is 18.1. The fourth-order valence-corrected chi connectivity index (χ4v) is 4.12. The quantitative estimate of drug-likeness (QED) is 0.747. The maximum Gasteiger partial charge on any atom is 0.332 e. The van der Waals surface area contributed by atoms with Gasteiger partial charge in [0.2, 0.25) is 10.0 Å². The summed E-state index contributed by atoms with van der Waals surface area (Å²) in [5.41, 5.74) is 0. The molecule has 120 valence electrons.